The number of anilines is 1. The van der Waals surface area contributed by atoms with E-state index in [0.29, 0.717) is 0 Å². The predicted octanol–water partition coefficient (Wildman–Crippen LogP) is 1.09. The van der Waals surface area contributed by atoms with Crippen LogP contribution in [0.3, 0.4) is 0 Å². The Hall–Kier alpha value is -1.92. The molecule has 0 atom stereocenters. The van der Waals surface area contributed by atoms with Gasteiger partial charge in [0.05, 0.1) is 12.7 Å². The molecule has 0 fully saturated rings. The van der Waals surface area contributed by atoms with Gasteiger partial charge >= 0.3 is 5.97 Å². The van der Waals surface area contributed by atoms with Crippen LogP contribution < -0.4 is 10.5 Å². The Morgan fingerprint density at radius 3 is 2.88 bits per heavy atom. The molecule has 0 aliphatic carbocycles. The molecule has 88 valence electrons. The van der Waals surface area contributed by atoms with Crippen molar-refractivity contribution in [3.8, 4) is 5.88 Å². The van der Waals surface area contributed by atoms with Gasteiger partial charge in [0.1, 0.15) is 5.69 Å². The van der Waals surface area contributed by atoms with Crippen LogP contribution in [-0.4, -0.2) is 31.1 Å². The number of pyridine rings is 1. The highest BCUT2D eigenvalue weighted by molar-refractivity contribution is 5.95. The van der Waals surface area contributed by atoms with Crippen molar-refractivity contribution < 1.29 is 23.0 Å². The van der Waals surface area contributed by atoms with Crippen molar-refractivity contribution in [1.82, 2.24) is 4.98 Å². The third-order valence-corrected chi connectivity index (χ3v) is 1.70. The maximum atomic E-state index is 11.9. The standard InChI is InChI=1S/C9H10F2N2O3/c1-15-9(14)5-2-3-13-8(7(5)12)16-4-6(10)11/h2-3,6H,4,12H2,1H3. The fourth-order valence-corrected chi connectivity index (χ4v) is 0.999. The van der Waals surface area contributed by atoms with E-state index >= 15 is 0 Å². The molecule has 0 aliphatic heterocycles. The highest BCUT2D eigenvalue weighted by Gasteiger charge is 2.15. The highest BCUT2D eigenvalue weighted by Crippen LogP contribution is 2.23. The number of alkyl halides is 2. The van der Waals surface area contributed by atoms with Crippen LogP contribution in [-0.2, 0) is 4.74 Å². The zero-order valence-corrected chi connectivity index (χ0v) is 8.44. The van der Waals surface area contributed by atoms with Crippen LogP contribution in [0.25, 0.3) is 0 Å². The van der Waals surface area contributed by atoms with E-state index in [9.17, 15) is 13.6 Å². The summed E-state index contributed by atoms with van der Waals surface area (Å²) in [4.78, 5) is 14.8. The lowest BCUT2D eigenvalue weighted by molar-refractivity contribution is 0.0600. The van der Waals surface area contributed by atoms with Gasteiger partial charge in [0.15, 0.2) is 6.61 Å². The molecule has 0 bridgehead atoms. The average molecular weight is 232 g/mol. The lowest BCUT2D eigenvalue weighted by Crippen LogP contribution is -2.12. The number of halogens is 2. The zero-order valence-electron chi connectivity index (χ0n) is 8.44. The van der Waals surface area contributed by atoms with Gasteiger partial charge in [-0.25, -0.2) is 18.6 Å². The molecule has 0 spiro atoms. The van der Waals surface area contributed by atoms with Gasteiger partial charge in [0.2, 0.25) is 5.88 Å². The SMILES string of the molecule is COC(=O)c1ccnc(OCC(F)F)c1N. The Labute approximate surface area is 90.2 Å². The summed E-state index contributed by atoms with van der Waals surface area (Å²) in [6, 6.07) is 1.32. The summed E-state index contributed by atoms with van der Waals surface area (Å²) in [7, 11) is 1.18. The van der Waals surface area contributed by atoms with Crippen molar-refractivity contribution >= 4 is 11.7 Å². The first-order chi connectivity index (χ1) is 7.56. The fraction of sp³-hybridized carbons (Fsp3) is 0.333. The molecule has 0 aliphatic rings. The summed E-state index contributed by atoms with van der Waals surface area (Å²) in [5.41, 5.74) is 5.43. The lowest BCUT2D eigenvalue weighted by Gasteiger charge is -2.09. The number of esters is 1. The van der Waals surface area contributed by atoms with Crippen LogP contribution in [0.15, 0.2) is 12.3 Å². The first-order valence-electron chi connectivity index (χ1n) is 4.30. The van der Waals surface area contributed by atoms with Gasteiger partial charge < -0.3 is 15.2 Å². The van der Waals surface area contributed by atoms with Crippen molar-refractivity contribution in [2.24, 2.45) is 0 Å². The van der Waals surface area contributed by atoms with Gasteiger partial charge in [-0.1, -0.05) is 0 Å². The molecule has 1 heterocycles. The molecule has 0 unspecified atom stereocenters. The van der Waals surface area contributed by atoms with Crippen molar-refractivity contribution in [2.75, 3.05) is 19.5 Å². The number of hydrogen-bond acceptors (Lipinski definition) is 5. The summed E-state index contributed by atoms with van der Waals surface area (Å²) < 4.78 is 32.9. The number of carbonyl (C=O) groups excluding carboxylic acids is 1. The third-order valence-electron chi connectivity index (χ3n) is 1.70. The van der Waals surface area contributed by atoms with Gasteiger partial charge in [0.25, 0.3) is 6.43 Å². The molecule has 0 amide bonds. The van der Waals surface area contributed by atoms with E-state index in [1.54, 1.807) is 0 Å². The third kappa shape index (κ3) is 2.78. The second-order valence-corrected chi connectivity index (χ2v) is 2.77. The van der Waals surface area contributed by atoms with Crippen LogP contribution in [0, 0.1) is 0 Å². The molecule has 16 heavy (non-hydrogen) atoms. The fourth-order valence-electron chi connectivity index (χ4n) is 0.999. The van der Waals surface area contributed by atoms with E-state index in [4.69, 9.17) is 5.73 Å². The summed E-state index contributed by atoms with van der Waals surface area (Å²) >= 11 is 0. The Bertz CT molecular complexity index is 385. The Kier molecular flexibility index (Phi) is 3.98. The number of nitrogens with two attached hydrogens (primary N) is 1. The summed E-state index contributed by atoms with van der Waals surface area (Å²) in [6.45, 7) is -0.832. The van der Waals surface area contributed by atoms with Crippen LogP contribution in [0.1, 0.15) is 10.4 Å². The minimum absolute atomic E-state index is 0.0294. The van der Waals surface area contributed by atoms with E-state index in [1.165, 1.54) is 19.4 Å². The topological polar surface area (TPSA) is 74.4 Å². The number of hydrogen-bond donors (Lipinski definition) is 1. The molecule has 2 N–H and O–H groups in total. The maximum Gasteiger partial charge on any atom is 0.340 e. The largest absolute Gasteiger partial charge is 0.470 e. The molecular weight excluding hydrogens is 222 g/mol. The maximum absolute atomic E-state index is 11.9. The normalized spacial score (nSPS) is 10.2. The van der Waals surface area contributed by atoms with Gasteiger partial charge in [-0.3, -0.25) is 0 Å². The van der Waals surface area contributed by atoms with Gasteiger partial charge in [-0.2, -0.15) is 0 Å². The van der Waals surface area contributed by atoms with E-state index in [-0.39, 0.29) is 17.1 Å². The van der Waals surface area contributed by atoms with Gasteiger partial charge in [0, 0.05) is 6.20 Å². The van der Waals surface area contributed by atoms with E-state index in [2.05, 4.69) is 14.5 Å². The van der Waals surface area contributed by atoms with Crippen molar-refractivity contribution in [3.63, 3.8) is 0 Å². The second kappa shape index (κ2) is 5.24. The Balaban J connectivity index is 2.90. The first-order valence-corrected chi connectivity index (χ1v) is 4.30. The molecule has 5 nitrogen and oxygen atoms in total. The number of aromatic nitrogens is 1. The highest BCUT2D eigenvalue weighted by atomic mass is 19.3. The first kappa shape index (κ1) is 12.2. The number of ether oxygens (including phenoxy) is 2. The smallest absolute Gasteiger partial charge is 0.340 e. The van der Waals surface area contributed by atoms with Crippen LogP contribution in [0.5, 0.6) is 5.88 Å². The van der Waals surface area contributed by atoms with Gasteiger partial charge in [-0.15, -0.1) is 0 Å². The summed E-state index contributed by atoms with van der Waals surface area (Å²) in [5.74, 6) is -0.884. The second-order valence-electron chi connectivity index (χ2n) is 2.77. The number of methoxy groups -OCH3 is 1. The predicted molar refractivity (Wildman–Crippen MR) is 51.5 cm³/mol. The van der Waals surface area contributed by atoms with Crippen molar-refractivity contribution in [1.29, 1.82) is 0 Å². The molecule has 0 radical (unpaired) electrons. The Morgan fingerprint density at radius 2 is 2.31 bits per heavy atom. The van der Waals surface area contributed by atoms with Crippen molar-refractivity contribution in [2.45, 2.75) is 6.43 Å². The summed E-state index contributed by atoms with van der Waals surface area (Å²) in [6.07, 6.45) is -1.41. The molecule has 1 aromatic heterocycles. The molecule has 0 aromatic carbocycles. The minimum atomic E-state index is -2.64. The number of nitrogens with zero attached hydrogens (tertiary/aromatic N) is 1. The summed E-state index contributed by atoms with van der Waals surface area (Å²) in [5, 5.41) is 0. The van der Waals surface area contributed by atoms with Gasteiger partial charge in [-0.05, 0) is 6.07 Å². The molecule has 1 rings (SSSR count). The average Bonchev–Trinajstić information content (AvgIpc) is 2.26. The van der Waals surface area contributed by atoms with E-state index in [1.807, 2.05) is 0 Å². The molecular formula is C9H10F2N2O3. The zero-order chi connectivity index (χ0) is 12.1. The molecule has 0 saturated heterocycles. The quantitative estimate of drug-likeness (QED) is 0.786. The van der Waals surface area contributed by atoms with Crippen molar-refractivity contribution in [3.05, 3.63) is 17.8 Å². The molecule has 7 heteroatoms. The number of rotatable bonds is 4. The molecule has 1 aromatic rings. The number of carbonyl (C=O) groups is 1. The van der Waals surface area contributed by atoms with E-state index in [0.717, 1.165) is 0 Å². The van der Waals surface area contributed by atoms with E-state index < -0.39 is 19.0 Å². The number of nitrogen functional groups attached to an aromatic ring is 1. The lowest BCUT2D eigenvalue weighted by atomic mass is 10.2. The monoisotopic (exact) mass is 232 g/mol. The van der Waals surface area contributed by atoms with Crippen LogP contribution >= 0.6 is 0 Å². The van der Waals surface area contributed by atoms with Crippen LogP contribution in [0.2, 0.25) is 0 Å². The van der Waals surface area contributed by atoms with Crippen LogP contribution in [0.4, 0.5) is 14.5 Å². The Morgan fingerprint density at radius 1 is 1.62 bits per heavy atom. The minimum Gasteiger partial charge on any atom is -0.470 e. The molecule has 0 saturated carbocycles.